The van der Waals surface area contributed by atoms with Crippen LogP contribution in [0.1, 0.15) is 107 Å². The molecule has 57 heavy (non-hydrogen) atoms. The lowest BCUT2D eigenvalue weighted by Gasteiger charge is -2.19. The summed E-state index contributed by atoms with van der Waals surface area (Å²) in [4.78, 5) is 8.58. The summed E-state index contributed by atoms with van der Waals surface area (Å²) >= 11 is 6.44. The molecule has 0 saturated carbocycles. The standard InChI is InChI=1S/C29H31N3.C15H23NSi.C5H3Br2N/c1-28(2,3)22-12-16-26(30)20(18-22)10-14-24-8-7-9-25(32-24)15-11-21-19-23(29(4,5)6)13-17-27(21)31;1-15(2,3)13-7-8-14(16)12(11-13)9-10-17(4,5)6;6-4-2-1-3-5(7)8-4/h7-9,12-13,16-19H,30-31H2,1-6H3;7-8,11H,16H2,1-6H3;1-3H. The van der Waals surface area contributed by atoms with Crippen LogP contribution in [0.3, 0.4) is 0 Å². The number of nitrogens with two attached hydrogens (primary N) is 3. The molecule has 0 aliphatic carbocycles. The molecule has 5 nitrogen and oxygen atoms in total. The van der Waals surface area contributed by atoms with E-state index in [0.29, 0.717) is 22.8 Å². The molecule has 0 spiro atoms. The van der Waals surface area contributed by atoms with Crippen molar-refractivity contribution in [2.24, 2.45) is 0 Å². The Morgan fingerprint density at radius 2 is 0.789 bits per heavy atom. The van der Waals surface area contributed by atoms with Crippen LogP contribution >= 0.6 is 31.9 Å². The van der Waals surface area contributed by atoms with Gasteiger partial charge in [0.25, 0.3) is 0 Å². The van der Waals surface area contributed by atoms with E-state index in [4.69, 9.17) is 17.2 Å². The van der Waals surface area contributed by atoms with Crippen molar-refractivity contribution in [3.8, 4) is 35.1 Å². The first kappa shape index (κ1) is 46.6. The van der Waals surface area contributed by atoms with Crippen molar-refractivity contribution < 1.29 is 0 Å². The predicted molar refractivity (Wildman–Crippen MR) is 255 cm³/mol. The number of nitrogen functional groups attached to an aromatic ring is 3. The molecule has 0 unspecified atom stereocenters. The maximum absolute atomic E-state index is 6.14. The number of halogens is 2. The summed E-state index contributed by atoms with van der Waals surface area (Å²) in [5, 5.41) is 0. The maximum Gasteiger partial charge on any atom is 0.129 e. The molecule has 0 bridgehead atoms. The van der Waals surface area contributed by atoms with Gasteiger partial charge in [-0.3, -0.25) is 0 Å². The van der Waals surface area contributed by atoms with Crippen LogP contribution in [0.2, 0.25) is 19.6 Å². The molecule has 6 N–H and O–H groups in total. The number of benzene rings is 3. The lowest BCUT2D eigenvalue weighted by atomic mass is 9.86. The number of aromatic nitrogens is 2. The summed E-state index contributed by atoms with van der Waals surface area (Å²) in [7, 11) is -1.34. The molecular formula is C49H57Br2N5Si. The molecule has 0 atom stereocenters. The molecule has 8 heteroatoms. The van der Waals surface area contributed by atoms with E-state index < -0.39 is 8.07 Å². The Hall–Kier alpha value is -4.78. The smallest absolute Gasteiger partial charge is 0.129 e. The van der Waals surface area contributed by atoms with E-state index in [-0.39, 0.29) is 16.2 Å². The van der Waals surface area contributed by atoms with Gasteiger partial charge in [0.2, 0.25) is 0 Å². The molecule has 0 aliphatic heterocycles. The molecule has 0 radical (unpaired) electrons. The molecule has 0 saturated heterocycles. The largest absolute Gasteiger partial charge is 0.398 e. The molecule has 5 aromatic rings. The first-order valence-corrected chi connectivity index (χ1v) is 23.9. The van der Waals surface area contributed by atoms with Gasteiger partial charge in [-0.15, -0.1) is 5.54 Å². The van der Waals surface area contributed by atoms with E-state index in [1.54, 1.807) is 0 Å². The van der Waals surface area contributed by atoms with E-state index in [0.717, 1.165) is 31.6 Å². The van der Waals surface area contributed by atoms with E-state index >= 15 is 0 Å². The highest BCUT2D eigenvalue weighted by atomic mass is 79.9. The molecule has 2 heterocycles. The zero-order valence-electron chi connectivity index (χ0n) is 35.5. The maximum atomic E-state index is 6.14. The van der Waals surface area contributed by atoms with Crippen LogP contribution < -0.4 is 17.2 Å². The van der Waals surface area contributed by atoms with Crippen molar-refractivity contribution in [1.29, 1.82) is 0 Å². The van der Waals surface area contributed by atoms with Crippen molar-refractivity contribution in [2.75, 3.05) is 17.2 Å². The van der Waals surface area contributed by atoms with Crippen molar-refractivity contribution in [1.82, 2.24) is 9.97 Å². The Kier molecular flexibility index (Phi) is 16.0. The monoisotopic (exact) mass is 901 g/mol. The van der Waals surface area contributed by atoms with Gasteiger partial charge in [0.1, 0.15) is 28.7 Å². The highest BCUT2D eigenvalue weighted by molar-refractivity contribution is 9.11. The Morgan fingerprint density at radius 3 is 1.09 bits per heavy atom. The van der Waals surface area contributed by atoms with Crippen LogP contribution in [0.5, 0.6) is 0 Å². The Bertz CT molecular complexity index is 2260. The van der Waals surface area contributed by atoms with Crippen LogP contribution in [-0.4, -0.2) is 18.0 Å². The first-order valence-electron chi connectivity index (χ1n) is 18.8. The average molecular weight is 904 g/mol. The minimum atomic E-state index is -1.34. The van der Waals surface area contributed by atoms with Gasteiger partial charge in [-0.1, -0.05) is 130 Å². The average Bonchev–Trinajstić information content (AvgIpc) is 3.09. The Balaban J connectivity index is 0.000000287. The third-order valence-corrected chi connectivity index (χ3v) is 10.2. The van der Waals surface area contributed by atoms with E-state index in [9.17, 15) is 0 Å². The molecule has 0 fully saturated rings. The quantitative estimate of drug-likeness (QED) is 0.0622. The third-order valence-electron chi connectivity index (χ3n) is 8.41. The minimum Gasteiger partial charge on any atom is -0.398 e. The van der Waals surface area contributed by atoms with E-state index in [1.165, 1.54) is 16.7 Å². The fourth-order valence-corrected chi connectivity index (χ4v) is 6.30. The van der Waals surface area contributed by atoms with Gasteiger partial charge in [0, 0.05) is 33.8 Å². The normalized spacial score (nSPS) is 11.1. The molecule has 0 amide bonds. The van der Waals surface area contributed by atoms with Gasteiger partial charge in [-0.25, -0.2) is 9.97 Å². The summed E-state index contributed by atoms with van der Waals surface area (Å²) in [5.41, 5.74) is 31.5. The SMILES string of the molecule is Brc1cccc(Br)n1.CC(C)(C)c1ccc(N)c(C#C[Si](C)(C)C)c1.CC(C)(C)c1ccc(N)c(C#Cc2cccc(C#Cc3cc(C(C)(C)C)ccc3N)n2)c1. The lowest BCUT2D eigenvalue weighted by Crippen LogP contribution is -2.16. The minimum absolute atomic E-state index is 0.0318. The Labute approximate surface area is 360 Å². The van der Waals surface area contributed by atoms with Crippen LogP contribution in [0.15, 0.2) is 100 Å². The fraction of sp³-hybridized carbons (Fsp3) is 0.306. The van der Waals surface area contributed by atoms with Crippen molar-refractivity contribution in [3.63, 3.8) is 0 Å². The second-order valence-corrected chi connectivity index (χ2v) is 24.2. The van der Waals surface area contributed by atoms with E-state index in [2.05, 4.69) is 195 Å². The summed E-state index contributed by atoms with van der Waals surface area (Å²) < 4.78 is 1.71. The van der Waals surface area contributed by atoms with Crippen LogP contribution in [-0.2, 0) is 16.2 Å². The molecule has 3 aromatic carbocycles. The predicted octanol–water partition coefficient (Wildman–Crippen LogP) is 12.0. The molecule has 2 aromatic heterocycles. The first-order chi connectivity index (χ1) is 26.3. The molecule has 296 valence electrons. The van der Waals surface area contributed by atoms with Crippen LogP contribution in [0.25, 0.3) is 0 Å². The zero-order valence-corrected chi connectivity index (χ0v) is 39.7. The summed E-state index contributed by atoms with van der Waals surface area (Å²) in [6.07, 6.45) is 0. The van der Waals surface area contributed by atoms with Gasteiger partial charge in [-0.05, 0) is 137 Å². The highest BCUT2D eigenvalue weighted by Crippen LogP contribution is 2.27. The topological polar surface area (TPSA) is 104 Å². The van der Waals surface area contributed by atoms with Gasteiger partial charge >= 0.3 is 0 Å². The van der Waals surface area contributed by atoms with Gasteiger partial charge in [0.15, 0.2) is 0 Å². The second-order valence-electron chi connectivity index (χ2n) is 17.8. The second kappa shape index (κ2) is 19.6. The molecule has 5 rings (SSSR count). The number of rotatable bonds is 0. The van der Waals surface area contributed by atoms with Crippen molar-refractivity contribution in [3.05, 3.63) is 145 Å². The number of hydrogen-bond acceptors (Lipinski definition) is 5. The van der Waals surface area contributed by atoms with E-state index in [1.807, 2.05) is 54.6 Å². The summed E-state index contributed by atoms with van der Waals surface area (Å²) in [5.74, 6) is 15.8. The third kappa shape index (κ3) is 15.9. The lowest BCUT2D eigenvalue weighted by molar-refractivity contribution is 0.590. The number of hydrogen-bond donors (Lipinski definition) is 3. The van der Waals surface area contributed by atoms with Gasteiger partial charge in [0.05, 0.1) is 0 Å². The Morgan fingerprint density at radius 1 is 0.456 bits per heavy atom. The van der Waals surface area contributed by atoms with Gasteiger partial charge < -0.3 is 17.2 Å². The number of pyridine rings is 2. The van der Waals surface area contributed by atoms with Crippen molar-refractivity contribution in [2.45, 2.75) is 98.2 Å². The number of anilines is 3. The molecular weight excluding hydrogens is 846 g/mol. The summed E-state index contributed by atoms with van der Waals surface area (Å²) in [6.45, 7) is 26.3. The molecule has 0 aliphatic rings. The highest BCUT2D eigenvalue weighted by Gasteiger charge is 2.17. The van der Waals surface area contributed by atoms with Crippen LogP contribution in [0.4, 0.5) is 17.1 Å². The zero-order chi connectivity index (χ0) is 42.8. The van der Waals surface area contributed by atoms with Crippen molar-refractivity contribution >= 4 is 57.0 Å². The number of nitrogens with zero attached hydrogens (tertiary/aromatic N) is 2. The fourth-order valence-electron chi connectivity index (χ4n) is 4.87. The van der Waals surface area contributed by atoms with Gasteiger partial charge in [-0.2, -0.15) is 0 Å². The van der Waals surface area contributed by atoms with Crippen LogP contribution in [0, 0.1) is 35.1 Å². The summed E-state index contributed by atoms with van der Waals surface area (Å²) in [6, 6.07) is 29.5.